The molecule has 2 aromatic carbocycles. The fourth-order valence-electron chi connectivity index (χ4n) is 2.08. The first-order chi connectivity index (χ1) is 10.4. The third kappa shape index (κ3) is 3.80. The summed E-state index contributed by atoms with van der Waals surface area (Å²) in [6.45, 7) is 1.51. The van der Waals surface area contributed by atoms with E-state index < -0.39 is 29.4 Å². The van der Waals surface area contributed by atoms with Crippen LogP contribution in [0.2, 0.25) is 5.02 Å². The molecule has 0 aliphatic heterocycles. The number of hydrogen-bond donors (Lipinski definition) is 1. The van der Waals surface area contributed by atoms with Crippen LogP contribution in [0.25, 0.3) is 0 Å². The lowest BCUT2D eigenvalue weighted by molar-refractivity contribution is -0.121. The fourth-order valence-corrected chi connectivity index (χ4v) is 2.31. The van der Waals surface area contributed by atoms with Crippen molar-refractivity contribution in [1.29, 1.82) is 0 Å². The number of amides is 1. The molecule has 2 rings (SSSR count). The highest BCUT2D eigenvalue weighted by atomic mass is 35.5. The van der Waals surface area contributed by atoms with Gasteiger partial charge in [0.05, 0.1) is 12.5 Å². The molecule has 0 bridgehead atoms. The number of benzene rings is 2. The molecule has 0 saturated carbocycles. The molecule has 6 heteroatoms. The molecule has 1 atom stereocenters. The van der Waals surface area contributed by atoms with Crippen LogP contribution >= 0.6 is 11.6 Å². The van der Waals surface area contributed by atoms with E-state index in [9.17, 15) is 18.0 Å². The lowest BCUT2D eigenvalue weighted by Gasteiger charge is -2.15. The quantitative estimate of drug-likeness (QED) is 0.897. The average molecular weight is 328 g/mol. The highest BCUT2D eigenvalue weighted by Gasteiger charge is 2.17. The van der Waals surface area contributed by atoms with E-state index in [1.165, 1.54) is 25.1 Å². The summed E-state index contributed by atoms with van der Waals surface area (Å²) < 4.78 is 40.4. The fraction of sp³-hybridized carbons (Fsp3) is 0.188. The number of halogens is 4. The number of rotatable bonds is 4. The van der Waals surface area contributed by atoms with Crippen LogP contribution in [0.4, 0.5) is 13.2 Å². The summed E-state index contributed by atoms with van der Waals surface area (Å²) in [5.74, 6) is -2.36. The lowest BCUT2D eigenvalue weighted by Crippen LogP contribution is -2.29. The maximum atomic E-state index is 13.6. The van der Waals surface area contributed by atoms with Crippen LogP contribution in [0.1, 0.15) is 24.1 Å². The SMILES string of the molecule is CC(NC(=O)Cc1c(F)cccc1Cl)c1cc(F)ccc1F. The van der Waals surface area contributed by atoms with Crippen LogP contribution in [0, 0.1) is 17.5 Å². The minimum atomic E-state index is -0.756. The Morgan fingerprint density at radius 3 is 2.59 bits per heavy atom. The van der Waals surface area contributed by atoms with Crippen molar-refractivity contribution in [3.63, 3.8) is 0 Å². The smallest absolute Gasteiger partial charge is 0.225 e. The van der Waals surface area contributed by atoms with Crippen molar-refractivity contribution >= 4 is 17.5 Å². The van der Waals surface area contributed by atoms with Crippen molar-refractivity contribution in [3.05, 3.63) is 70.0 Å². The molecular formula is C16H13ClF3NO. The molecule has 0 spiro atoms. The van der Waals surface area contributed by atoms with E-state index in [4.69, 9.17) is 11.6 Å². The Hall–Kier alpha value is -2.01. The van der Waals surface area contributed by atoms with Crippen molar-refractivity contribution in [1.82, 2.24) is 5.32 Å². The Labute approximate surface area is 130 Å². The first kappa shape index (κ1) is 16.4. The van der Waals surface area contributed by atoms with Crippen LogP contribution in [-0.2, 0) is 11.2 Å². The van der Waals surface area contributed by atoms with Gasteiger partial charge in [0.2, 0.25) is 5.91 Å². The lowest BCUT2D eigenvalue weighted by atomic mass is 10.1. The Morgan fingerprint density at radius 2 is 1.91 bits per heavy atom. The Balaban J connectivity index is 2.10. The van der Waals surface area contributed by atoms with Crippen LogP contribution < -0.4 is 5.32 Å². The standard InChI is InChI=1S/C16H13ClF3NO/c1-9(11-7-10(18)5-6-15(11)20)21-16(22)8-12-13(17)3-2-4-14(12)19/h2-7,9H,8H2,1H3,(H,21,22). The summed E-state index contributed by atoms with van der Waals surface area (Å²) in [4.78, 5) is 11.9. The highest BCUT2D eigenvalue weighted by Crippen LogP contribution is 2.21. The third-order valence-corrected chi connectivity index (χ3v) is 3.56. The zero-order valence-corrected chi connectivity index (χ0v) is 12.4. The van der Waals surface area contributed by atoms with Gasteiger partial charge in [-0.2, -0.15) is 0 Å². The van der Waals surface area contributed by atoms with Gasteiger partial charge in [-0.15, -0.1) is 0 Å². The first-order valence-electron chi connectivity index (χ1n) is 6.55. The summed E-state index contributed by atoms with van der Waals surface area (Å²) in [6.07, 6.45) is -0.285. The predicted molar refractivity (Wildman–Crippen MR) is 78.0 cm³/mol. The first-order valence-corrected chi connectivity index (χ1v) is 6.93. The van der Waals surface area contributed by atoms with Gasteiger partial charge in [-0.05, 0) is 37.3 Å². The molecule has 2 nitrogen and oxygen atoms in total. The van der Waals surface area contributed by atoms with E-state index in [2.05, 4.69) is 5.32 Å². The van der Waals surface area contributed by atoms with Crippen molar-refractivity contribution in [2.45, 2.75) is 19.4 Å². The number of hydrogen-bond acceptors (Lipinski definition) is 1. The molecule has 1 unspecified atom stereocenters. The number of nitrogens with one attached hydrogen (secondary N) is 1. The topological polar surface area (TPSA) is 29.1 Å². The van der Waals surface area contributed by atoms with Crippen LogP contribution in [0.15, 0.2) is 36.4 Å². The van der Waals surface area contributed by atoms with E-state index >= 15 is 0 Å². The molecule has 0 heterocycles. The molecule has 1 amide bonds. The van der Waals surface area contributed by atoms with Gasteiger partial charge in [0.1, 0.15) is 17.5 Å². The molecule has 22 heavy (non-hydrogen) atoms. The van der Waals surface area contributed by atoms with Gasteiger partial charge in [0.15, 0.2) is 0 Å². The molecular weight excluding hydrogens is 315 g/mol. The summed E-state index contributed by atoms with van der Waals surface area (Å²) in [6, 6.07) is 6.34. The predicted octanol–water partition coefficient (Wildman–Crippen LogP) is 4.18. The Bertz CT molecular complexity index is 686. The Kier molecular flexibility index (Phi) is 5.08. The highest BCUT2D eigenvalue weighted by molar-refractivity contribution is 6.31. The van der Waals surface area contributed by atoms with Crippen LogP contribution in [0.5, 0.6) is 0 Å². The van der Waals surface area contributed by atoms with Gasteiger partial charge < -0.3 is 5.32 Å². The Morgan fingerprint density at radius 1 is 1.18 bits per heavy atom. The van der Waals surface area contributed by atoms with E-state index in [0.29, 0.717) is 0 Å². The second kappa shape index (κ2) is 6.83. The van der Waals surface area contributed by atoms with E-state index in [-0.39, 0.29) is 22.6 Å². The molecule has 2 aromatic rings. The van der Waals surface area contributed by atoms with Gasteiger partial charge in [0, 0.05) is 16.1 Å². The normalized spacial score (nSPS) is 12.0. The molecule has 0 fully saturated rings. The van der Waals surface area contributed by atoms with Crippen molar-refractivity contribution < 1.29 is 18.0 Å². The second-order valence-corrected chi connectivity index (χ2v) is 5.24. The molecule has 116 valence electrons. The zero-order valence-electron chi connectivity index (χ0n) is 11.7. The average Bonchev–Trinajstić information content (AvgIpc) is 2.45. The van der Waals surface area contributed by atoms with Crippen LogP contribution in [0.3, 0.4) is 0 Å². The monoisotopic (exact) mass is 327 g/mol. The van der Waals surface area contributed by atoms with Gasteiger partial charge in [-0.3, -0.25) is 4.79 Å². The third-order valence-electron chi connectivity index (χ3n) is 3.20. The van der Waals surface area contributed by atoms with Crippen molar-refractivity contribution in [2.75, 3.05) is 0 Å². The van der Waals surface area contributed by atoms with E-state index in [0.717, 1.165) is 18.2 Å². The maximum absolute atomic E-state index is 13.6. The molecule has 1 N–H and O–H groups in total. The zero-order chi connectivity index (χ0) is 16.3. The molecule has 0 saturated heterocycles. The van der Waals surface area contributed by atoms with Crippen molar-refractivity contribution in [3.8, 4) is 0 Å². The molecule has 0 radical (unpaired) electrons. The number of carbonyl (C=O) groups excluding carboxylic acids is 1. The minimum absolute atomic E-state index is 0.0213. The second-order valence-electron chi connectivity index (χ2n) is 4.83. The van der Waals surface area contributed by atoms with Crippen molar-refractivity contribution in [2.24, 2.45) is 0 Å². The molecule has 0 aromatic heterocycles. The molecule has 0 aliphatic rings. The van der Waals surface area contributed by atoms with Gasteiger partial charge >= 0.3 is 0 Å². The van der Waals surface area contributed by atoms with Gasteiger partial charge in [0.25, 0.3) is 0 Å². The van der Waals surface area contributed by atoms with Crippen LogP contribution in [-0.4, -0.2) is 5.91 Å². The van der Waals surface area contributed by atoms with E-state index in [1.54, 1.807) is 0 Å². The molecule has 0 aliphatic carbocycles. The summed E-state index contributed by atoms with van der Waals surface area (Å²) in [5, 5.41) is 2.63. The maximum Gasteiger partial charge on any atom is 0.225 e. The largest absolute Gasteiger partial charge is 0.349 e. The van der Waals surface area contributed by atoms with Gasteiger partial charge in [-0.25, -0.2) is 13.2 Å². The van der Waals surface area contributed by atoms with Gasteiger partial charge in [-0.1, -0.05) is 17.7 Å². The summed E-state index contributed by atoms with van der Waals surface area (Å²) >= 11 is 5.84. The summed E-state index contributed by atoms with van der Waals surface area (Å²) in [5.41, 5.74) is 0.0848. The summed E-state index contributed by atoms with van der Waals surface area (Å²) in [7, 11) is 0. The van der Waals surface area contributed by atoms with E-state index in [1.807, 2.05) is 0 Å². The minimum Gasteiger partial charge on any atom is -0.349 e. The number of carbonyl (C=O) groups is 1.